The van der Waals surface area contributed by atoms with Crippen LogP contribution in [-0.2, 0) is 9.63 Å². The summed E-state index contributed by atoms with van der Waals surface area (Å²) in [6.07, 6.45) is 2.56. The average Bonchev–Trinajstić information content (AvgIpc) is 2.70. The molecule has 5 nitrogen and oxygen atoms in total. The Hall–Kier alpha value is -2.17. The smallest absolute Gasteiger partial charge is 0.329 e. The van der Waals surface area contributed by atoms with E-state index in [4.69, 9.17) is 4.84 Å². The molecule has 2 rings (SSSR count). The lowest BCUT2D eigenvalue weighted by molar-refractivity contribution is -0.173. The van der Waals surface area contributed by atoms with Crippen molar-refractivity contribution >= 4 is 17.8 Å². The minimum Gasteiger partial charge on any atom is -0.329 e. The Morgan fingerprint density at radius 1 is 1.20 bits per heavy atom. The minimum atomic E-state index is -0.582. The van der Waals surface area contributed by atoms with E-state index in [1.807, 2.05) is 6.92 Å². The fraction of sp³-hybridized carbons (Fsp3) is 0.400. The summed E-state index contributed by atoms with van der Waals surface area (Å²) in [7, 11) is 0. The molecule has 1 heterocycles. The van der Waals surface area contributed by atoms with E-state index < -0.39 is 17.8 Å². The summed E-state index contributed by atoms with van der Waals surface area (Å²) >= 11 is 0. The SMILES string of the molecule is CCCC[C@@H](C)C(=O)ON1C(=O)c2ccccc2C1=O. The molecule has 0 saturated heterocycles. The lowest BCUT2D eigenvalue weighted by Gasteiger charge is -2.16. The Bertz CT molecular complexity index is 518. The van der Waals surface area contributed by atoms with Gasteiger partial charge in [-0.25, -0.2) is 4.79 Å². The summed E-state index contributed by atoms with van der Waals surface area (Å²) in [4.78, 5) is 40.9. The van der Waals surface area contributed by atoms with E-state index in [2.05, 4.69) is 0 Å². The number of unbranched alkanes of at least 4 members (excludes halogenated alkanes) is 1. The van der Waals surface area contributed by atoms with Crippen molar-refractivity contribution in [3.8, 4) is 0 Å². The van der Waals surface area contributed by atoms with Crippen LogP contribution in [0.15, 0.2) is 24.3 Å². The highest BCUT2D eigenvalue weighted by molar-refractivity contribution is 6.20. The van der Waals surface area contributed by atoms with Crippen LogP contribution in [0.1, 0.15) is 53.8 Å². The van der Waals surface area contributed by atoms with Crippen molar-refractivity contribution in [3.05, 3.63) is 35.4 Å². The van der Waals surface area contributed by atoms with Crippen LogP contribution in [0.2, 0.25) is 0 Å². The van der Waals surface area contributed by atoms with E-state index in [0.717, 1.165) is 12.8 Å². The first-order valence-corrected chi connectivity index (χ1v) is 6.76. The molecule has 5 heteroatoms. The zero-order chi connectivity index (χ0) is 14.7. The lowest BCUT2D eigenvalue weighted by atomic mass is 10.1. The fourth-order valence-electron chi connectivity index (χ4n) is 2.06. The maximum Gasteiger partial charge on any atom is 0.335 e. The van der Waals surface area contributed by atoms with Crippen molar-refractivity contribution in [2.75, 3.05) is 0 Å². The van der Waals surface area contributed by atoms with Crippen LogP contribution in [0.25, 0.3) is 0 Å². The molecule has 106 valence electrons. The van der Waals surface area contributed by atoms with Crippen LogP contribution >= 0.6 is 0 Å². The maximum absolute atomic E-state index is 12.0. The molecule has 2 amide bonds. The van der Waals surface area contributed by atoms with Crippen molar-refractivity contribution in [2.24, 2.45) is 5.92 Å². The maximum atomic E-state index is 12.0. The molecular weight excluding hydrogens is 258 g/mol. The molecule has 1 aliphatic heterocycles. The molecule has 1 aromatic rings. The van der Waals surface area contributed by atoms with Crippen molar-refractivity contribution in [1.29, 1.82) is 0 Å². The van der Waals surface area contributed by atoms with Gasteiger partial charge in [-0.2, -0.15) is 0 Å². The van der Waals surface area contributed by atoms with Crippen LogP contribution in [0.3, 0.4) is 0 Å². The van der Waals surface area contributed by atoms with Crippen LogP contribution in [-0.4, -0.2) is 22.8 Å². The molecule has 0 bridgehead atoms. The second-order valence-corrected chi connectivity index (χ2v) is 4.90. The van der Waals surface area contributed by atoms with Gasteiger partial charge in [0.15, 0.2) is 0 Å². The number of hydrogen-bond acceptors (Lipinski definition) is 4. The Morgan fingerprint density at radius 3 is 2.25 bits per heavy atom. The Kier molecular flexibility index (Phi) is 4.17. The molecule has 1 atom stereocenters. The van der Waals surface area contributed by atoms with Gasteiger partial charge in [-0.05, 0) is 18.6 Å². The Morgan fingerprint density at radius 2 is 1.75 bits per heavy atom. The van der Waals surface area contributed by atoms with Gasteiger partial charge >= 0.3 is 5.97 Å². The first kappa shape index (κ1) is 14.2. The third-order valence-corrected chi connectivity index (χ3v) is 3.33. The zero-order valence-electron chi connectivity index (χ0n) is 11.6. The van der Waals surface area contributed by atoms with Gasteiger partial charge in [0, 0.05) is 0 Å². The predicted molar refractivity (Wildman–Crippen MR) is 71.7 cm³/mol. The van der Waals surface area contributed by atoms with Crippen molar-refractivity contribution < 1.29 is 19.2 Å². The van der Waals surface area contributed by atoms with E-state index in [-0.39, 0.29) is 17.0 Å². The number of hydrogen-bond donors (Lipinski definition) is 0. The number of benzene rings is 1. The number of rotatable bonds is 5. The number of carbonyl (C=O) groups is 3. The summed E-state index contributed by atoms with van der Waals surface area (Å²) in [5, 5.41) is 0.565. The van der Waals surface area contributed by atoms with E-state index in [1.165, 1.54) is 0 Å². The first-order chi connectivity index (χ1) is 9.56. The number of amides is 2. The lowest BCUT2D eigenvalue weighted by Crippen LogP contribution is -2.34. The summed E-state index contributed by atoms with van der Waals surface area (Å²) in [5.74, 6) is -2.05. The van der Waals surface area contributed by atoms with Gasteiger partial charge in [0.25, 0.3) is 11.8 Å². The normalized spacial score (nSPS) is 15.2. The van der Waals surface area contributed by atoms with Crippen LogP contribution in [0, 0.1) is 5.92 Å². The second-order valence-electron chi connectivity index (χ2n) is 4.90. The average molecular weight is 275 g/mol. The molecule has 0 radical (unpaired) electrons. The summed E-state index contributed by atoms with van der Waals surface area (Å²) < 4.78 is 0. The standard InChI is InChI=1S/C15H17NO4/c1-3-4-7-10(2)15(19)20-16-13(17)11-8-5-6-9-12(11)14(16)18/h5-6,8-10H,3-4,7H2,1-2H3/t10-/m1/s1. The van der Waals surface area contributed by atoms with Gasteiger partial charge in [0.1, 0.15) is 0 Å². The number of fused-ring (bicyclic) bond motifs is 1. The van der Waals surface area contributed by atoms with E-state index in [0.29, 0.717) is 11.5 Å². The molecule has 1 aromatic carbocycles. The monoisotopic (exact) mass is 275 g/mol. The van der Waals surface area contributed by atoms with Crippen molar-refractivity contribution in [1.82, 2.24) is 5.06 Å². The van der Waals surface area contributed by atoms with Crippen LogP contribution < -0.4 is 0 Å². The quantitative estimate of drug-likeness (QED) is 0.775. The highest BCUT2D eigenvalue weighted by atomic mass is 16.7. The number of imide groups is 1. The largest absolute Gasteiger partial charge is 0.335 e. The van der Waals surface area contributed by atoms with Gasteiger partial charge in [-0.1, -0.05) is 43.9 Å². The van der Waals surface area contributed by atoms with Crippen molar-refractivity contribution in [3.63, 3.8) is 0 Å². The predicted octanol–water partition coefficient (Wildman–Crippen LogP) is 2.57. The van der Waals surface area contributed by atoms with Gasteiger partial charge in [0.05, 0.1) is 17.0 Å². The van der Waals surface area contributed by atoms with Gasteiger partial charge < -0.3 is 4.84 Å². The summed E-state index contributed by atoms with van der Waals surface area (Å²) in [6.45, 7) is 3.76. The summed E-state index contributed by atoms with van der Waals surface area (Å²) in [5.41, 5.74) is 0.540. The molecule has 0 aromatic heterocycles. The minimum absolute atomic E-state index is 0.270. The van der Waals surface area contributed by atoms with E-state index in [1.54, 1.807) is 31.2 Å². The van der Waals surface area contributed by atoms with Gasteiger partial charge in [0.2, 0.25) is 0 Å². The second kappa shape index (κ2) is 5.86. The number of hydroxylamine groups is 2. The topological polar surface area (TPSA) is 63.7 Å². The molecule has 1 aliphatic rings. The highest BCUT2D eigenvalue weighted by Gasteiger charge is 2.39. The Balaban J connectivity index is 2.07. The Labute approximate surface area is 117 Å². The molecule has 0 unspecified atom stereocenters. The first-order valence-electron chi connectivity index (χ1n) is 6.76. The van der Waals surface area contributed by atoms with E-state index in [9.17, 15) is 14.4 Å². The van der Waals surface area contributed by atoms with Crippen LogP contribution in [0.5, 0.6) is 0 Å². The molecule has 0 saturated carbocycles. The van der Waals surface area contributed by atoms with Gasteiger partial charge in [-0.3, -0.25) is 9.59 Å². The number of carbonyl (C=O) groups excluding carboxylic acids is 3. The van der Waals surface area contributed by atoms with Crippen molar-refractivity contribution in [2.45, 2.75) is 33.1 Å². The molecule has 0 N–H and O–H groups in total. The third kappa shape index (κ3) is 2.57. The fourth-order valence-corrected chi connectivity index (χ4v) is 2.06. The van der Waals surface area contributed by atoms with Crippen LogP contribution in [0.4, 0.5) is 0 Å². The molecule has 20 heavy (non-hydrogen) atoms. The summed E-state index contributed by atoms with van der Waals surface area (Å²) in [6, 6.07) is 6.42. The third-order valence-electron chi connectivity index (χ3n) is 3.33. The van der Waals surface area contributed by atoms with Gasteiger partial charge in [-0.15, -0.1) is 0 Å². The molecular formula is C15H17NO4. The zero-order valence-corrected chi connectivity index (χ0v) is 11.6. The highest BCUT2D eigenvalue weighted by Crippen LogP contribution is 2.23. The molecule has 0 spiro atoms. The number of nitrogens with zero attached hydrogens (tertiary/aromatic N) is 1. The molecule has 0 fully saturated rings. The molecule has 0 aliphatic carbocycles. The van der Waals surface area contributed by atoms with E-state index >= 15 is 0 Å².